The van der Waals surface area contributed by atoms with Gasteiger partial charge in [0.2, 0.25) is 0 Å². The summed E-state index contributed by atoms with van der Waals surface area (Å²) in [6.07, 6.45) is 3.70. The molecule has 0 radical (unpaired) electrons. The van der Waals surface area contributed by atoms with Gasteiger partial charge in [-0.3, -0.25) is 4.98 Å². The Balaban J connectivity index is 2.09. The number of hydrogen-bond acceptors (Lipinski definition) is 3. The molecule has 0 aliphatic heterocycles. The van der Waals surface area contributed by atoms with Crippen LogP contribution < -0.4 is 10.1 Å². The third kappa shape index (κ3) is 3.87. The van der Waals surface area contributed by atoms with E-state index in [1.165, 1.54) is 5.56 Å². The Morgan fingerprint density at radius 3 is 2.40 bits per heavy atom. The van der Waals surface area contributed by atoms with E-state index in [1.807, 2.05) is 44.2 Å². The van der Waals surface area contributed by atoms with Gasteiger partial charge in [-0.05, 0) is 56.7 Å². The molecule has 0 fully saturated rings. The van der Waals surface area contributed by atoms with E-state index in [9.17, 15) is 0 Å². The van der Waals surface area contributed by atoms with E-state index in [0.717, 1.165) is 5.69 Å². The molecule has 0 spiro atoms. The number of nitrogens with one attached hydrogen (secondary N) is 1. The normalized spacial score (nSPS) is 12.2. The molecule has 1 aromatic heterocycles. The van der Waals surface area contributed by atoms with Gasteiger partial charge < -0.3 is 10.1 Å². The summed E-state index contributed by atoms with van der Waals surface area (Å²) < 4.78 is 5.62. The average Bonchev–Trinajstić information content (AvgIpc) is 2.42. The molecule has 0 aliphatic rings. The maximum atomic E-state index is 6.23. The van der Waals surface area contributed by atoms with Crippen molar-refractivity contribution in [2.45, 2.75) is 32.9 Å². The van der Waals surface area contributed by atoms with E-state index >= 15 is 0 Å². The molecule has 106 valence electrons. The van der Waals surface area contributed by atoms with Gasteiger partial charge in [-0.15, -0.1) is 0 Å². The number of hydrogen-bond donors (Lipinski definition) is 1. The molecule has 1 atom stereocenters. The van der Waals surface area contributed by atoms with Crippen LogP contribution in [0.15, 0.2) is 42.7 Å². The predicted octanol–water partition coefficient (Wildman–Crippen LogP) is 4.70. The Labute approximate surface area is 124 Å². The summed E-state index contributed by atoms with van der Waals surface area (Å²) in [4.78, 5) is 4.02. The van der Waals surface area contributed by atoms with E-state index in [2.05, 4.69) is 17.2 Å². The molecule has 4 heteroatoms. The highest BCUT2D eigenvalue weighted by atomic mass is 35.5. The minimum absolute atomic E-state index is 0.113. The van der Waals surface area contributed by atoms with Crippen LogP contribution in [0.3, 0.4) is 0 Å². The van der Waals surface area contributed by atoms with Gasteiger partial charge in [0.15, 0.2) is 0 Å². The lowest BCUT2D eigenvalue weighted by Gasteiger charge is -2.17. The highest BCUT2D eigenvalue weighted by Gasteiger charge is 2.08. The van der Waals surface area contributed by atoms with Gasteiger partial charge in [0.05, 0.1) is 11.1 Å². The fourth-order valence-electron chi connectivity index (χ4n) is 1.93. The van der Waals surface area contributed by atoms with Gasteiger partial charge in [0.25, 0.3) is 0 Å². The van der Waals surface area contributed by atoms with E-state index in [4.69, 9.17) is 16.3 Å². The van der Waals surface area contributed by atoms with Crippen LogP contribution in [-0.2, 0) is 0 Å². The quantitative estimate of drug-likeness (QED) is 0.867. The maximum absolute atomic E-state index is 6.23. The van der Waals surface area contributed by atoms with Crippen LogP contribution in [0, 0.1) is 0 Å². The Morgan fingerprint density at radius 2 is 1.80 bits per heavy atom. The summed E-state index contributed by atoms with van der Waals surface area (Å²) in [5, 5.41) is 4.03. The molecule has 1 heterocycles. The van der Waals surface area contributed by atoms with Crippen LogP contribution in [0.2, 0.25) is 5.02 Å². The Kier molecular flexibility index (Phi) is 4.85. The molecule has 2 aromatic rings. The standard InChI is InChI=1S/C16H19ClN2O/c1-11(2)20-16-5-4-14(10-15(16)17)19-12(3)13-6-8-18-9-7-13/h4-12,19H,1-3H3. The largest absolute Gasteiger partial charge is 0.489 e. The van der Waals surface area contributed by atoms with Crippen molar-refractivity contribution in [2.24, 2.45) is 0 Å². The van der Waals surface area contributed by atoms with E-state index in [-0.39, 0.29) is 12.1 Å². The first-order chi connectivity index (χ1) is 9.56. The third-order valence-electron chi connectivity index (χ3n) is 2.88. The van der Waals surface area contributed by atoms with Crippen LogP contribution in [0.4, 0.5) is 5.69 Å². The molecule has 20 heavy (non-hydrogen) atoms. The molecule has 0 bridgehead atoms. The first kappa shape index (κ1) is 14.7. The SMILES string of the molecule is CC(C)Oc1ccc(NC(C)c2ccncc2)cc1Cl. The fraction of sp³-hybridized carbons (Fsp3) is 0.312. The average molecular weight is 291 g/mol. The second kappa shape index (κ2) is 6.62. The van der Waals surface area contributed by atoms with Crippen LogP contribution in [-0.4, -0.2) is 11.1 Å². The molecular weight excluding hydrogens is 272 g/mol. The van der Waals surface area contributed by atoms with Crippen LogP contribution in [0.1, 0.15) is 32.4 Å². The molecular formula is C16H19ClN2O. The molecule has 0 amide bonds. The highest BCUT2D eigenvalue weighted by Crippen LogP contribution is 2.30. The van der Waals surface area contributed by atoms with E-state index in [0.29, 0.717) is 10.8 Å². The van der Waals surface area contributed by atoms with Gasteiger partial charge in [-0.1, -0.05) is 11.6 Å². The zero-order chi connectivity index (χ0) is 14.5. The summed E-state index contributed by atoms with van der Waals surface area (Å²) in [6, 6.07) is 9.93. The van der Waals surface area contributed by atoms with Gasteiger partial charge in [-0.25, -0.2) is 0 Å². The smallest absolute Gasteiger partial charge is 0.138 e. The predicted molar refractivity (Wildman–Crippen MR) is 83.5 cm³/mol. The third-order valence-corrected chi connectivity index (χ3v) is 3.18. The number of ether oxygens (including phenoxy) is 1. The first-order valence-electron chi connectivity index (χ1n) is 6.69. The van der Waals surface area contributed by atoms with Crippen molar-refractivity contribution in [1.29, 1.82) is 0 Å². The summed E-state index contributed by atoms with van der Waals surface area (Å²) in [5.41, 5.74) is 2.15. The number of halogens is 1. The lowest BCUT2D eigenvalue weighted by molar-refractivity contribution is 0.242. The van der Waals surface area contributed by atoms with Crippen LogP contribution >= 0.6 is 11.6 Å². The summed E-state index contributed by atoms with van der Waals surface area (Å²) in [6.45, 7) is 6.06. The van der Waals surface area contributed by atoms with Crippen molar-refractivity contribution >= 4 is 17.3 Å². The lowest BCUT2D eigenvalue weighted by Crippen LogP contribution is -2.08. The van der Waals surface area contributed by atoms with Crippen molar-refractivity contribution in [1.82, 2.24) is 4.98 Å². The van der Waals surface area contributed by atoms with Crippen molar-refractivity contribution in [3.8, 4) is 5.75 Å². The number of pyridine rings is 1. The minimum atomic E-state index is 0.113. The van der Waals surface area contributed by atoms with E-state index < -0.39 is 0 Å². The second-order valence-corrected chi connectivity index (χ2v) is 5.37. The summed E-state index contributed by atoms with van der Waals surface area (Å²) in [5.74, 6) is 0.712. The molecule has 1 unspecified atom stereocenters. The Morgan fingerprint density at radius 1 is 1.10 bits per heavy atom. The Bertz CT molecular complexity index is 558. The minimum Gasteiger partial charge on any atom is -0.489 e. The second-order valence-electron chi connectivity index (χ2n) is 4.96. The van der Waals surface area contributed by atoms with Crippen molar-refractivity contribution < 1.29 is 4.74 Å². The van der Waals surface area contributed by atoms with Gasteiger partial charge in [0.1, 0.15) is 5.75 Å². The number of nitrogens with zero attached hydrogens (tertiary/aromatic N) is 1. The molecule has 0 saturated heterocycles. The molecule has 0 aliphatic carbocycles. The molecule has 2 rings (SSSR count). The number of benzene rings is 1. The first-order valence-corrected chi connectivity index (χ1v) is 7.06. The summed E-state index contributed by atoms with van der Waals surface area (Å²) >= 11 is 6.23. The molecule has 3 nitrogen and oxygen atoms in total. The number of aromatic nitrogens is 1. The fourth-order valence-corrected chi connectivity index (χ4v) is 2.15. The highest BCUT2D eigenvalue weighted by molar-refractivity contribution is 6.32. The summed E-state index contributed by atoms with van der Waals surface area (Å²) in [7, 11) is 0. The van der Waals surface area contributed by atoms with Crippen LogP contribution in [0.25, 0.3) is 0 Å². The molecule has 1 aromatic carbocycles. The maximum Gasteiger partial charge on any atom is 0.138 e. The molecule has 1 N–H and O–H groups in total. The van der Waals surface area contributed by atoms with E-state index in [1.54, 1.807) is 12.4 Å². The van der Waals surface area contributed by atoms with Crippen LogP contribution in [0.5, 0.6) is 5.75 Å². The van der Waals surface area contributed by atoms with Gasteiger partial charge in [0, 0.05) is 24.1 Å². The van der Waals surface area contributed by atoms with Crippen molar-refractivity contribution in [3.63, 3.8) is 0 Å². The molecule has 0 saturated carbocycles. The van der Waals surface area contributed by atoms with Crippen molar-refractivity contribution in [2.75, 3.05) is 5.32 Å². The monoisotopic (exact) mass is 290 g/mol. The van der Waals surface area contributed by atoms with Gasteiger partial charge in [-0.2, -0.15) is 0 Å². The van der Waals surface area contributed by atoms with Crippen molar-refractivity contribution in [3.05, 3.63) is 53.3 Å². The number of anilines is 1. The Hall–Kier alpha value is -1.74. The van der Waals surface area contributed by atoms with Gasteiger partial charge >= 0.3 is 0 Å². The zero-order valence-electron chi connectivity index (χ0n) is 11.9. The zero-order valence-corrected chi connectivity index (χ0v) is 12.7. The number of rotatable bonds is 5. The topological polar surface area (TPSA) is 34.1 Å². The lowest BCUT2D eigenvalue weighted by atomic mass is 10.1.